The molecule has 7 nitrogen and oxygen atoms in total. The summed E-state index contributed by atoms with van der Waals surface area (Å²) >= 11 is 5.33. The number of hydrogen-bond acceptors (Lipinski definition) is 6. The molecule has 1 unspecified atom stereocenters. The first-order chi connectivity index (χ1) is 14.0. The topological polar surface area (TPSA) is 85.9 Å². The molecule has 3 rings (SSSR count). The van der Waals surface area contributed by atoms with Crippen LogP contribution in [-0.4, -0.2) is 37.4 Å². The van der Waals surface area contributed by atoms with Crippen molar-refractivity contribution in [1.29, 1.82) is 0 Å². The molecule has 1 aliphatic rings. The summed E-state index contributed by atoms with van der Waals surface area (Å²) in [6.07, 6.45) is 0. The Morgan fingerprint density at radius 2 is 1.93 bits per heavy atom. The van der Waals surface area contributed by atoms with Gasteiger partial charge in [-0.1, -0.05) is 30.3 Å². The van der Waals surface area contributed by atoms with Gasteiger partial charge in [0.15, 0.2) is 11.7 Å². The number of nitrogens with one attached hydrogen (secondary N) is 2. The van der Waals surface area contributed by atoms with Crippen LogP contribution in [0.5, 0.6) is 5.75 Å². The van der Waals surface area contributed by atoms with E-state index in [9.17, 15) is 9.59 Å². The molecule has 2 aromatic rings. The number of carbonyl (C=O) groups excluding carboxylic acids is 2. The molecule has 0 aromatic heterocycles. The molecule has 8 heteroatoms. The third-order valence-corrected chi connectivity index (χ3v) is 4.78. The minimum absolute atomic E-state index is 0.244. The number of benzene rings is 2. The molecule has 1 atom stereocenters. The molecule has 152 valence electrons. The Morgan fingerprint density at radius 3 is 2.66 bits per heavy atom. The number of hydrogen-bond donors (Lipinski definition) is 2. The van der Waals surface area contributed by atoms with Gasteiger partial charge in [0.25, 0.3) is 0 Å². The van der Waals surface area contributed by atoms with E-state index in [0.29, 0.717) is 27.7 Å². The smallest absolute Gasteiger partial charge is 0.343 e. The fourth-order valence-corrected chi connectivity index (χ4v) is 3.56. The second kappa shape index (κ2) is 8.91. The summed E-state index contributed by atoms with van der Waals surface area (Å²) < 4.78 is 15.7. The average molecular weight is 414 g/mol. The molecule has 0 saturated carbocycles. The van der Waals surface area contributed by atoms with Crippen molar-refractivity contribution in [1.82, 2.24) is 10.6 Å². The van der Waals surface area contributed by atoms with Crippen LogP contribution in [0.1, 0.15) is 25.5 Å². The molecule has 2 aromatic carbocycles. The van der Waals surface area contributed by atoms with Gasteiger partial charge in [-0.2, -0.15) is 0 Å². The summed E-state index contributed by atoms with van der Waals surface area (Å²) in [6.45, 7) is 3.51. The predicted molar refractivity (Wildman–Crippen MR) is 112 cm³/mol. The zero-order valence-electron chi connectivity index (χ0n) is 16.4. The lowest BCUT2D eigenvalue weighted by molar-refractivity contribution is -0.143. The Hall–Kier alpha value is -3.13. The first-order valence-electron chi connectivity index (χ1n) is 9.13. The van der Waals surface area contributed by atoms with Gasteiger partial charge in [0.1, 0.15) is 5.75 Å². The number of fused-ring (bicyclic) bond motifs is 1. The van der Waals surface area contributed by atoms with Crippen LogP contribution in [0.4, 0.5) is 0 Å². The van der Waals surface area contributed by atoms with Crippen LogP contribution in [0, 0.1) is 0 Å². The fourth-order valence-electron chi connectivity index (χ4n) is 3.28. The van der Waals surface area contributed by atoms with Gasteiger partial charge < -0.3 is 24.8 Å². The van der Waals surface area contributed by atoms with Gasteiger partial charge in [-0.05, 0) is 42.9 Å². The van der Waals surface area contributed by atoms with Crippen LogP contribution in [0.25, 0.3) is 10.8 Å². The van der Waals surface area contributed by atoms with Gasteiger partial charge >= 0.3 is 11.9 Å². The fraction of sp³-hybridized carbons (Fsp3) is 0.286. The van der Waals surface area contributed by atoms with Gasteiger partial charge in [-0.15, -0.1) is 0 Å². The number of carbonyl (C=O) groups is 2. The highest BCUT2D eigenvalue weighted by molar-refractivity contribution is 7.80. The van der Waals surface area contributed by atoms with Crippen molar-refractivity contribution in [2.24, 2.45) is 0 Å². The zero-order chi connectivity index (χ0) is 21.0. The lowest BCUT2D eigenvalue weighted by Gasteiger charge is -2.31. The van der Waals surface area contributed by atoms with Crippen LogP contribution in [0.15, 0.2) is 47.7 Å². The summed E-state index contributed by atoms with van der Waals surface area (Å²) in [5.41, 5.74) is 1.70. The quantitative estimate of drug-likeness (QED) is 0.551. The van der Waals surface area contributed by atoms with Gasteiger partial charge in [0, 0.05) is 11.3 Å². The van der Waals surface area contributed by atoms with E-state index < -0.39 is 18.0 Å². The predicted octanol–water partition coefficient (Wildman–Crippen LogP) is 2.75. The molecule has 0 bridgehead atoms. The van der Waals surface area contributed by atoms with Crippen molar-refractivity contribution in [3.8, 4) is 5.75 Å². The second-order valence-corrected chi connectivity index (χ2v) is 6.76. The summed E-state index contributed by atoms with van der Waals surface area (Å²) in [6, 6.07) is 10.8. The summed E-state index contributed by atoms with van der Waals surface area (Å²) in [5.74, 6) is -0.509. The van der Waals surface area contributed by atoms with Crippen molar-refractivity contribution in [2.75, 3.05) is 20.3 Å². The SMILES string of the molecule is CCOC(=O)C1=C(C)NC(=S)NC1c1c(OCC(=O)OC)ccc2ccccc12. The molecular weight excluding hydrogens is 392 g/mol. The maximum Gasteiger partial charge on any atom is 0.343 e. The number of ether oxygens (including phenoxy) is 3. The first kappa shape index (κ1) is 20.6. The number of allylic oxidation sites excluding steroid dienone is 1. The van der Waals surface area contributed by atoms with E-state index in [0.717, 1.165) is 10.8 Å². The molecule has 1 aliphatic heterocycles. The maximum absolute atomic E-state index is 12.7. The lowest BCUT2D eigenvalue weighted by atomic mass is 9.90. The lowest BCUT2D eigenvalue weighted by Crippen LogP contribution is -2.45. The Bertz CT molecular complexity index is 1000. The zero-order valence-corrected chi connectivity index (χ0v) is 17.2. The van der Waals surface area contributed by atoms with E-state index in [1.165, 1.54) is 7.11 Å². The highest BCUT2D eigenvalue weighted by atomic mass is 32.1. The van der Waals surface area contributed by atoms with Crippen LogP contribution >= 0.6 is 12.2 Å². The van der Waals surface area contributed by atoms with Crippen LogP contribution in [0.2, 0.25) is 0 Å². The van der Waals surface area contributed by atoms with Gasteiger partial charge in [-0.3, -0.25) is 0 Å². The third-order valence-electron chi connectivity index (χ3n) is 4.56. The summed E-state index contributed by atoms with van der Waals surface area (Å²) in [5, 5.41) is 8.34. The highest BCUT2D eigenvalue weighted by Crippen LogP contribution is 2.38. The molecule has 0 aliphatic carbocycles. The van der Waals surface area contributed by atoms with Crippen LogP contribution in [0.3, 0.4) is 0 Å². The molecule has 0 saturated heterocycles. The third kappa shape index (κ3) is 4.32. The van der Waals surface area contributed by atoms with Crippen LogP contribution in [-0.2, 0) is 19.1 Å². The normalized spacial score (nSPS) is 16.1. The van der Waals surface area contributed by atoms with Gasteiger partial charge in [0.2, 0.25) is 0 Å². The van der Waals surface area contributed by atoms with E-state index >= 15 is 0 Å². The largest absolute Gasteiger partial charge is 0.482 e. The minimum atomic E-state index is -0.610. The Balaban J connectivity index is 2.18. The minimum Gasteiger partial charge on any atom is -0.482 e. The molecule has 0 amide bonds. The van der Waals surface area contributed by atoms with Crippen LogP contribution < -0.4 is 15.4 Å². The van der Waals surface area contributed by atoms with E-state index in [-0.39, 0.29) is 13.2 Å². The highest BCUT2D eigenvalue weighted by Gasteiger charge is 2.34. The average Bonchev–Trinajstić information content (AvgIpc) is 2.70. The monoisotopic (exact) mass is 414 g/mol. The van der Waals surface area contributed by atoms with Crippen molar-refractivity contribution >= 4 is 40.0 Å². The summed E-state index contributed by atoms with van der Waals surface area (Å²) in [4.78, 5) is 24.4. The van der Waals surface area contributed by atoms with E-state index in [1.807, 2.05) is 30.3 Å². The Labute approximate surface area is 174 Å². The molecule has 1 heterocycles. The molecule has 2 N–H and O–H groups in total. The van der Waals surface area contributed by atoms with E-state index in [2.05, 4.69) is 15.4 Å². The molecular formula is C21H22N2O5S. The number of esters is 2. The molecule has 0 fully saturated rings. The van der Waals surface area contributed by atoms with Gasteiger partial charge in [-0.25, -0.2) is 9.59 Å². The van der Waals surface area contributed by atoms with Crippen molar-refractivity contribution < 1.29 is 23.8 Å². The van der Waals surface area contributed by atoms with E-state index in [1.54, 1.807) is 19.9 Å². The Kier molecular flexibility index (Phi) is 6.33. The maximum atomic E-state index is 12.7. The number of methoxy groups -OCH3 is 1. The molecule has 0 spiro atoms. The van der Waals surface area contributed by atoms with Gasteiger partial charge in [0.05, 0.1) is 25.3 Å². The summed E-state index contributed by atoms with van der Waals surface area (Å²) in [7, 11) is 1.30. The second-order valence-electron chi connectivity index (χ2n) is 6.35. The van der Waals surface area contributed by atoms with Crippen molar-refractivity contribution in [3.63, 3.8) is 0 Å². The molecule has 29 heavy (non-hydrogen) atoms. The van der Waals surface area contributed by atoms with Crippen molar-refractivity contribution in [3.05, 3.63) is 53.2 Å². The van der Waals surface area contributed by atoms with E-state index in [4.69, 9.17) is 21.7 Å². The number of thiocarbonyl (C=S) groups is 1. The standard InChI is InChI=1S/C21H22N2O5S/c1-4-27-20(25)17-12(2)22-21(29)23-19(17)18-14-8-6-5-7-13(14)9-10-15(18)28-11-16(24)26-3/h5-10,19H,4,11H2,1-3H3,(H2,22,23,29). The first-order valence-corrected chi connectivity index (χ1v) is 9.53. The molecule has 0 radical (unpaired) electrons. The van der Waals surface area contributed by atoms with Crippen molar-refractivity contribution in [2.45, 2.75) is 19.9 Å². The Morgan fingerprint density at radius 1 is 1.17 bits per heavy atom. The number of rotatable bonds is 6.